The van der Waals surface area contributed by atoms with Gasteiger partial charge in [0.2, 0.25) is 5.95 Å². The van der Waals surface area contributed by atoms with Crippen LogP contribution in [-0.4, -0.2) is 16.5 Å². The molecule has 0 aliphatic carbocycles. The maximum atomic E-state index is 8.87. The lowest BCUT2D eigenvalue weighted by molar-refractivity contribution is 0.977. The highest BCUT2D eigenvalue weighted by molar-refractivity contribution is 5.62. The molecule has 0 unspecified atom stereocenters. The summed E-state index contributed by atoms with van der Waals surface area (Å²) in [6.45, 7) is 4.98. The fourth-order valence-corrected chi connectivity index (χ4v) is 2.59. The van der Waals surface area contributed by atoms with Crippen molar-refractivity contribution < 1.29 is 0 Å². The van der Waals surface area contributed by atoms with Crippen LogP contribution in [0, 0.1) is 18.3 Å². The van der Waals surface area contributed by atoms with Crippen molar-refractivity contribution in [3.05, 3.63) is 71.9 Å². The monoisotopic (exact) mass is 329 g/mol. The maximum absolute atomic E-state index is 8.87. The first kappa shape index (κ1) is 16.5. The lowest BCUT2D eigenvalue weighted by Crippen LogP contribution is -2.18. The third-order valence-corrected chi connectivity index (χ3v) is 3.82. The summed E-state index contributed by atoms with van der Waals surface area (Å²) in [5, 5.41) is 12.0. The minimum absolute atomic E-state index is 0.522. The average molecular weight is 329 g/mol. The van der Waals surface area contributed by atoms with E-state index in [4.69, 9.17) is 5.26 Å². The van der Waals surface area contributed by atoms with E-state index in [2.05, 4.69) is 58.3 Å². The van der Waals surface area contributed by atoms with Gasteiger partial charge in [0.1, 0.15) is 5.82 Å². The Morgan fingerprint density at radius 3 is 2.60 bits per heavy atom. The molecule has 124 valence electrons. The molecule has 0 aliphatic rings. The van der Waals surface area contributed by atoms with Crippen molar-refractivity contribution >= 4 is 23.1 Å². The molecular formula is C20H19N5. The van der Waals surface area contributed by atoms with Gasteiger partial charge in [0.05, 0.1) is 11.6 Å². The predicted molar refractivity (Wildman–Crippen MR) is 100 cm³/mol. The van der Waals surface area contributed by atoms with Crippen molar-refractivity contribution in [1.29, 1.82) is 5.26 Å². The maximum Gasteiger partial charge on any atom is 0.229 e. The van der Waals surface area contributed by atoms with Crippen molar-refractivity contribution in [3.8, 4) is 6.07 Å². The molecule has 25 heavy (non-hydrogen) atoms. The standard InChI is InChI=1S/C20H19N5/c1-3-25(18-6-4-5-15(2)13-18)19-11-12-22-20(24-19)23-17-9-7-16(14-21)8-10-17/h4-13H,3H2,1-2H3,(H,22,23,24). The molecule has 0 bridgehead atoms. The van der Waals surface area contributed by atoms with Gasteiger partial charge in [0.15, 0.2) is 0 Å². The first-order valence-electron chi connectivity index (χ1n) is 8.14. The summed E-state index contributed by atoms with van der Waals surface area (Å²) in [5.41, 5.74) is 3.78. The molecule has 1 aromatic heterocycles. The molecular weight excluding hydrogens is 310 g/mol. The largest absolute Gasteiger partial charge is 0.326 e. The first-order valence-corrected chi connectivity index (χ1v) is 8.14. The minimum atomic E-state index is 0.522. The normalized spacial score (nSPS) is 10.1. The number of anilines is 4. The van der Waals surface area contributed by atoms with Gasteiger partial charge >= 0.3 is 0 Å². The predicted octanol–water partition coefficient (Wildman–Crippen LogP) is 4.56. The van der Waals surface area contributed by atoms with E-state index in [0.29, 0.717) is 11.5 Å². The third kappa shape index (κ3) is 3.93. The Morgan fingerprint density at radius 1 is 1.12 bits per heavy atom. The van der Waals surface area contributed by atoms with Crippen LogP contribution in [0.4, 0.5) is 23.1 Å². The Labute approximate surface area is 147 Å². The number of aryl methyl sites for hydroxylation is 1. The van der Waals surface area contributed by atoms with Crippen LogP contribution >= 0.6 is 0 Å². The Hall–Kier alpha value is -3.39. The fourth-order valence-electron chi connectivity index (χ4n) is 2.59. The molecule has 3 rings (SSSR count). The quantitative estimate of drug-likeness (QED) is 0.743. The molecule has 5 heteroatoms. The Kier molecular flexibility index (Phi) is 4.91. The summed E-state index contributed by atoms with van der Waals surface area (Å²) in [6.07, 6.45) is 1.74. The van der Waals surface area contributed by atoms with E-state index >= 15 is 0 Å². The summed E-state index contributed by atoms with van der Waals surface area (Å²) >= 11 is 0. The van der Waals surface area contributed by atoms with Crippen LogP contribution in [0.2, 0.25) is 0 Å². The lowest BCUT2D eigenvalue weighted by Gasteiger charge is -2.22. The fraction of sp³-hybridized carbons (Fsp3) is 0.150. The molecule has 1 heterocycles. The van der Waals surface area contributed by atoms with Crippen LogP contribution in [0.15, 0.2) is 60.8 Å². The third-order valence-electron chi connectivity index (χ3n) is 3.82. The molecule has 0 radical (unpaired) electrons. The number of hydrogen-bond donors (Lipinski definition) is 1. The SMILES string of the molecule is CCN(c1cccc(C)c1)c1ccnc(Nc2ccc(C#N)cc2)n1. The van der Waals surface area contributed by atoms with E-state index in [1.54, 1.807) is 18.3 Å². The number of nitrogens with one attached hydrogen (secondary N) is 1. The van der Waals surface area contributed by atoms with Gasteiger partial charge in [-0.25, -0.2) is 4.98 Å². The number of nitrogens with zero attached hydrogens (tertiary/aromatic N) is 4. The summed E-state index contributed by atoms with van der Waals surface area (Å²) < 4.78 is 0. The first-order chi connectivity index (χ1) is 12.2. The van der Waals surface area contributed by atoms with Gasteiger partial charge in [-0.15, -0.1) is 0 Å². The van der Waals surface area contributed by atoms with E-state index in [1.807, 2.05) is 24.3 Å². The van der Waals surface area contributed by atoms with E-state index in [1.165, 1.54) is 5.56 Å². The van der Waals surface area contributed by atoms with Crippen LogP contribution in [0.3, 0.4) is 0 Å². The van der Waals surface area contributed by atoms with Crippen LogP contribution in [0.1, 0.15) is 18.1 Å². The molecule has 1 N–H and O–H groups in total. The second-order valence-corrected chi connectivity index (χ2v) is 5.64. The van der Waals surface area contributed by atoms with Crippen LogP contribution in [0.25, 0.3) is 0 Å². The Balaban J connectivity index is 1.85. The molecule has 0 saturated carbocycles. The summed E-state index contributed by atoms with van der Waals surface area (Å²) in [4.78, 5) is 11.1. The molecule has 2 aromatic carbocycles. The smallest absolute Gasteiger partial charge is 0.229 e. The topological polar surface area (TPSA) is 64.8 Å². The Bertz CT molecular complexity index is 896. The number of nitriles is 1. The number of hydrogen-bond acceptors (Lipinski definition) is 5. The second kappa shape index (κ2) is 7.45. The van der Waals surface area contributed by atoms with Crippen molar-refractivity contribution in [2.24, 2.45) is 0 Å². The average Bonchev–Trinajstić information content (AvgIpc) is 2.63. The Morgan fingerprint density at radius 2 is 1.92 bits per heavy atom. The number of benzene rings is 2. The molecule has 3 aromatic rings. The zero-order valence-electron chi connectivity index (χ0n) is 14.3. The molecule has 0 atom stereocenters. The number of rotatable bonds is 5. The number of aromatic nitrogens is 2. The summed E-state index contributed by atoms with van der Waals surface area (Å²) in [6, 6.07) is 19.5. The zero-order chi connectivity index (χ0) is 17.6. The highest BCUT2D eigenvalue weighted by atomic mass is 15.2. The van der Waals surface area contributed by atoms with E-state index in [-0.39, 0.29) is 0 Å². The van der Waals surface area contributed by atoms with Gasteiger partial charge in [0.25, 0.3) is 0 Å². The summed E-state index contributed by atoms with van der Waals surface area (Å²) in [7, 11) is 0. The van der Waals surface area contributed by atoms with Crippen molar-refractivity contribution in [3.63, 3.8) is 0 Å². The highest BCUT2D eigenvalue weighted by Gasteiger charge is 2.10. The van der Waals surface area contributed by atoms with Crippen LogP contribution in [0.5, 0.6) is 0 Å². The van der Waals surface area contributed by atoms with Crippen molar-refractivity contribution in [2.45, 2.75) is 13.8 Å². The minimum Gasteiger partial charge on any atom is -0.326 e. The molecule has 0 saturated heterocycles. The molecule has 0 aliphatic heterocycles. The van der Waals surface area contributed by atoms with Gasteiger partial charge in [0, 0.05) is 24.1 Å². The molecule has 0 amide bonds. The van der Waals surface area contributed by atoms with Gasteiger partial charge in [-0.2, -0.15) is 10.2 Å². The van der Waals surface area contributed by atoms with Crippen LogP contribution < -0.4 is 10.2 Å². The zero-order valence-corrected chi connectivity index (χ0v) is 14.3. The van der Waals surface area contributed by atoms with E-state index < -0.39 is 0 Å². The lowest BCUT2D eigenvalue weighted by atomic mass is 10.2. The van der Waals surface area contributed by atoms with Crippen LogP contribution in [-0.2, 0) is 0 Å². The van der Waals surface area contributed by atoms with E-state index in [9.17, 15) is 0 Å². The summed E-state index contributed by atoms with van der Waals surface area (Å²) in [5.74, 6) is 1.35. The van der Waals surface area contributed by atoms with Crippen molar-refractivity contribution in [2.75, 3.05) is 16.8 Å². The highest BCUT2D eigenvalue weighted by Crippen LogP contribution is 2.25. The van der Waals surface area contributed by atoms with Gasteiger partial charge in [-0.1, -0.05) is 12.1 Å². The molecule has 0 spiro atoms. The van der Waals surface area contributed by atoms with Crippen molar-refractivity contribution in [1.82, 2.24) is 9.97 Å². The van der Waals surface area contributed by atoms with E-state index in [0.717, 1.165) is 23.7 Å². The second-order valence-electron chi connectivity index (χ2n) is 5.64. The molecule has 0 fully saturated rings. The molecule has 5 nitrogen and oxygen atoms in total. The van der Waals surface area contributed by atoms with Gasteiger partial charge in [-0.05, 0) is 61.9 Å². The van der Waals surface area contributed by atoms with Gasteiger partial charge < -0.3 is 10.2 Å². The van der Waals surface area contributed by atoms with Gasteiger partial charge in [-0.3, -0.25) is 0 Å².